The minimum absolute atomic E-state index is 0.355. The predicted octanol–water partition coefficient (Wildman–Crippen LogP) is 3.74. The largest absolute Gasteiger partial charge is 0.350 e. The SMILES string of the molecule is Cc1c(C(=O)Nc2ccccc2C#N)[nH]c2cc(F)ccc12. The molecule has 1 amide bonds. The van der Waals surface area contributed by atoms with Crippen LogP contribution in [0.3, 0.4) is 0 Å². The van der Waals surface area contributed by atoms with Crippen molar-refractivity contribution in [2.75, 3.05) is 5.32 Å². The van der Waals surface area contributed by atoms with Gasteiger partial charge in [0.25, 0.3) is 5.91 Å². The Morgan fingerprint density at radius 1 is 1.27 bits per heavy atom. The molecule has 1 aromatic heterocycles. The number of aromatic nitrogens is 1. The van der Waals surface area contributed by atoms with Gasteiger partial charge >= 0.3 is 0 Å². The molecule has 0 radical (unpaired) electrons. The summed E-state index contributed by atoms with van der Waals surface area (Å²) in [5, 5.41) is 12.6. The molecule has 0 saturated carbocycles. The van der Waals surface area contributed by atoms with E-state index in [9.17, 15) is 9.18 Å². The smallest absolute Gasteiger partial charge is 0.272 e. The Kier molecular flexibility index (Phi) is 3.36. The number of aromatic amines is 1. The summed E-state index contributed by atoms with van der Waals surface area (Å²) in [6, 6.07) is 13.1. The van der Waals surface area contributed by atoms with Crippen molar-refractivity contribution in [1.82, 2.24) is 4.98 Å². The van der Waals surface area contributed by atoms with Crippen LogP contribution in [0.25, 0.3) is 10.9 Å². The lowest BCUT2D eigenvalue weighted by atomic mass is 10.1. The summed E-state index contributed by atoms with van der Waals surface area (Å²) in [5.41, 5.74) is 2.49. The van der Waals surface area contributed by atoms with Crippen LogP contribution in [0, 0.1) is 24.1 Å². The maximum atomic E-state index is 13.3. The number of hydrogen-bond donors (Lipinski definition) is 2. The number of nitrogens with one attached hydrogen (secondary N) is 2. The zero-order chi connectivity index (χ0) is 15.7. The quantitative estimate of drug-likeness (QED) is 0.755. The number of benzene rings is 2. The van der Waals surface area contributed by atoms with Gasteiger partial charge in [-0.05, 0) is 42.8 Å². The van der Waals surface area contributed by atoms with Crippen molar-refractivity contribution in [2.24, 2.45) is 0 Å². The van der Waals surface area contributed by atoms with Crippen LogP contribution in [0.2, 0.25) is 0 Å². The third-order valence-corrected chi connectivity index (χ3v) is 3.54. The summed E-state index contributed by atoms with van der Waals surface area (Å²) in [5.74, 6) is -0.729. The average molecular weight is 293 g/mol. The van der Waals surface area contributed by atoms with Crippen molar-refractivity contribution in [3.8, 4) is 6.07 Å². The van der Waals surface area contributed by atoms with Crippen molar-refractivity contribution in [3.63, 3.8) is 0 Å². The molecule has 0 spiro atoms. The van der Waals surface area contributed by atoms with Gasteiger partial charge in [-0.25, -0.2) is 4.39 Å². The molecule has 4 nitrogen and oxygen atoms in total. The molecule has 3 aromatic rings. The number of nitrogens with zero attached hydrogens (tertiary/aromatic N) is 1. The average Bonchev–Trinajstić information content (AvgIpc) is 2.84. The summed E-state index contributed by atoms with van der Waals surface area (Å²) < 4.78 is 13.3. The molecule has 0 saturated heterocycles. The van der Waals surface area contributed by atoms with Gasteiger partial charge in [0, 0.05) is 10.9 Å². The molecule has 2 N–H and O–H groups in total. The molecular weight excluding hydrogens is 281 g/mol. The second-order valence-electron chi connectivity index (χ2n) is 4.93. The third kappa shape index (κ3) is 2.31. The van der Waals surface area contributed by atoms with Gasteiger partial charge in [-0.3, -0.25) is 4.79 Å². The molecular formula is C17H12FN3O. The van der Waals surface area contributed by atoms with E-state index in [1.807, 2.05) is 6.07 Å². The summed E-state index contributed by atoms with van der Waals surface area (Å²) in [6.45, 7) is 1.79. The normalized spacial score (nSPS) is 10.4. The van der Waals surface area contributed by atoms with Crippen LogP contribution in [0.4, 0.5) is 10.1 Å². The van der Waals surface area contributed by atoms with Gasteiger partial charge in [0.2, 0.25) is 0 Å². The molecule has 0 aliphatic carbocycles. The number of amides is 1. The molecule has 0 aliphatic rings. The topological polar surface area (TPSA) is 68.7 Å². The lowest BCUT2D eigenvalue weighted by Gasteiger charge is -2.06. The molecule has 3 rings (SSSR count). The Morgan fingerprint density at radius 2 is 2.05 bits per heavy atom. The minimum atomic E-state index is -0.365. The summed E-state index contributed by atoms with van der Waals surface area (Å²) >= 11 is 0. The van der Waals surface area contributed by atoms with Gasteiger partial charge in [-0.2, -0.15) is 5.26 Å². The second kappa shape index (κ2) is 5.34. The first-order valence-electron chi connectivity index (χ1n) is 6.68. The number of carbonyl (C=O) groups is 1. The molecule has 5 heteroatoms. The van der Waals surface area contributed by atoms with Gasteiger partial charge in [0.05, 0.1) is 11.3 Å². The monoisotopic (exact) mass is 293 g/mol. The van der Waals surface area contributed by atoms with Crippen molar-refractivity contribution < 1.29 is 9.18 Å². The summed E-state index contributed by atoms with van der Waals surface area (Å²) in [4.78, 5) is 15.3. The highest BCUT2D eigenvalue weighted by molar-refractivity contribution is 6.08. The van der Waals surface area contributed by atoms with E-state index in [4.69, 9.17) is 5.26 Å². The molecule has 2 aromatic carbocycles. The molecule has 0 bridgehead atoms. The molecule has 0 aliphatic heterocycles. The van der Waals surface area contributed by atoms with Crippen molar-refractivity contribution in [1.29, 1.82) is 5.26 Å². The van der Waals surface area contributed by atoms with Crippen LogP contribution < -0.4 is 5.32 Å². The van der Waals surface area contributed by atoms with E-state index in [2.05, 4.69) is 10.3 Å². The highest BCUT2D eigenvalue weighted by Gasteiger charge is 2.16. The van der Waals surface area contributed by atoms with Crippen LogP contribution >= 0.6 is 0 Å². The standard InChI is InChI=1S/C17H12FN3O/c1-10-13-7-6-12(18)8-15(13)20-16(10)17(22)21-14-5-3-2-4-11(14)9-19/h2-8,20H,1H3,(H,21,22). The maximum Gasteiger partial charge on any atom is 0.272 e. The fraction of sp³-hybridized carbons (Fsp3) is 0.0588. The Bertz CT molecular complexity index is 921. The first kappa shape index (κ1) is 13.8. The number of nitriles is 1. The zero-order valence-corrected chi connectivity index (χ0v) is 11.8. The third-order valence-electron chi connectivity index (χ3n) is 3.54. The van der Waals surface area contributed by atoms with E-state index in [0.717, 1.165) is 10.9 Å². The zero-order valence-electron chi connectivity index (χ0n) is 11.8. The number of carbonyl (C=O) groups excluding carboxylic acids is 1. The number of aryl methyl sites for hydroxylation is 1. The van der Waals surface area contributed by atoms with Crippen molar-refractivity contribution >= 4 is 22.5 Å². The number of hydrogen-bond acceptors (Lipinski definition) is 2. The van der Waals surface area contributed by atoms with Crippen LogP contribution in [0.15, 0.2) is 42.5 Å². The van der Waals surface area contributed by atoms with E-state index in [1.165, 1.54) is 12.1 Å². The lowest BCUT2D eigenvalue weighted by Crippen LogP contribution is -2.14. The van der Waals surface area contributed by atoms with Crippen molar-refractivity contribution in [3.05, 3.63) is 65.1 Å². The number of fused-ring (bicyclic) bond motifs is 1. The molecule has 0 unspecified atom stereocenters. The van der Waals surface area contributed by atoms with E-state index < -0.39 is 0 Å². The molecule has 108 valence electrons. The minimum Gasteiger partial charge on any atom is -0.350 e. The summed E-state index contributed by atoms with van der Waals surface area (Å²) in [6.07, 6.45) is 0. The second-order valence-corrected chi connectivity index (χ2v) is 4.93. The van der Waals surface area contributed by atoms with E-state index in [0.29, 0.717) is 22.5 Å². The van der Waals surface area contributed by atoms with Crippen LogP contribution in [-0.4, -0.2) is 10.9 Å². The van der Waals surface area contributed by atoms with Gasteiger partial charge < -0.3 is 10.3 Å². The number of para-hydroxylation sites is 1. The van der Waals surface area contributed by atoms with Crippen LogP contribution in [-0.2, 0) is 0 Å². The Hall–Kier alpha value is -3.13. The van der Waals surface area contributed by atoms with E-state index in [-0.39, 0.29) is 11.7 Å². The molecule has 0 fully saturated rings. The van der Waals surface area contributed by atoms with Crippen molar-refractivity contribution in [2.45, 2.75) is 6.92 Å². The first-order valence-corrected chi connectivity index (χ1v) is 6.68. The predicted molar refractivity (Wildman–Crippen MR) is 82.1 cm³/mol. The maximum absolute atomic E-state index is 13.3. The van der Waals surface area contributed by atoms with Gasteiger partial charge in [-0.1, -0.05) is 12.1 Å². The highest BCUT2D eigenvalue weighted by atomic mass is 19.1. The van der Waals surface area contributed by atoms with E-state index in [1.54, 1.807) is 37.3 Å². The number of halogens is 1. The molecule has 22 heavy (non-hydrogen) atoms. The number of H-pyrrole nitrogens is 1. The van der Waals surface area contributed by atoms with Crippen LogP contribution in [0.5, 0.6) is 0 Å². The molecule has 0 atom stereocenters. The van der Waals surface area contributed by atoms with Gasteiger partial charge in [-0.15, -0.1) is 0 Å². The molecule has 1 heterocycles. The summed E-state index contributed by atoms with van der Waals surface area (Å²) in [7, 11) is 0. The fourth-order valence-electron chi connectivity index (χ4n) is 2.41. The Labute approximate surface area is 126 Å². The first-order chi connectivity index (χ1) is 10.6. The number of anilines is 1. The lowest BCUT2D eigenvalue weighted by molar-refractivity contribution is 0.102. The Balaban J connectivity index is 1.99. The van der Waals surface area contributed by atoms with Gasteiger partial charge in [0.15, 0.2) is 0 Å². The fourth-order valence-corrected chi connectivity index (χ4v) is 2.41. The van der Waals surface area contributed by atoms with E-state index >= 15 is 0 Å². The highest BCUT2D eigenvalue weighted by Crippen LogP contribution is 2.23. The van der Waals surface area contributed by atoms with Crippen LogP contribution in [0.1, 0.15) is 21.6 Å². The number of rotatable bonds is 2. The Morgan fingerprint density at radius 3 is 2.82 bits per heavy atom. The van der Waals surface area contributed by atoms with Gasteiger partial charge in [0.1, 0.15) is 17.6 Å².